The summed E-state index contributed by atoms with van der Waals surface area (Å²) in [5.74, 6) is -1.29. The first-order valence-electron chi connectivity index (χ1n) is 8.37. The zero-order chi connectivity index (χ0) is 20.8. The van der Waals surface area contributed by atoms with Crippen molar-refractivity contribution in [1.82, 2.24) is 15.4 Å². The van der Waals surface area contributed by atoms with Crippen molar-refractivity contribution in [3.05, 3.63) is 64.8 Å². The Morgan fingerprint density at radius 3 is 2.55 bits per heavy atom. The molecule has 148 valence electrons. The van der Waals surface area contributed by atoms with E-state index in [9.17, 15) is 14.4 Å². The lowest BCUT2D eigenvalue weighted by Crippen LogP contribution is -2.44. The predicted octanol–water partition coefficient (Wildman–Crippen LogP) is 2.48. The van der Waals surface area contributed by atoms with Gasteiger partial charge in [0.2, 0.25) is 0 Å². The number of carbonyl (C=O) groups excluding carboxylic acids is 2. The van der Waals surface area contributed by atoms with Crippen LogP contribution in [-0.4, -0.2) is 43.8 Å². The van der Waals surface area contributed by atoms with E-state index in [0.717, 1.165) is 22.3 Å². The number of hydrogen-bond donors (Lipinski definition) is 2. The molecule has 1 aromatic carbocycles. The SMILES string of the molecule is O=C(O)CCOc1ccc(/C=C2/SC(=S)N(NC(=O)c3ccncc3)C2=O)cc1. The fourth-order valence-electron chi connectivity index (χ4n) is 2.30. The van der Waals surface area contributed by atoms with Gasteiger partial charge in [0.25, 0.3) is 11.8 Å². The number of pyridine rings is 1. The van der Waals surface area contributed by atoms with Crippen LogP contribution in [0, 0.1) is 0 Å². The summed E-state index contributed by atoms with van der Waals surface area (Å²) in [5.41, 5.74) is 3.59. The summed E-state index contributed by atoms with van der Waals surface area (Å²) in [6, 6.07) is 9.89. The number of ether oxygens (including phenoxy) is 1. The number of thioether (sulfide) groups is 1. The number of nitrogens with zero attached hydrogens (tertiary/aromatic N) is 2. The van der Waals surface area contributed by atoms with E-state index >= 15 is 0 Å². The largest absolute Gasteiger partial charge is 0.493 e. The molecule has 10 heteroatoms. The second-order valence-corrected chi connectivity index (χ2v) is 7.43. The number of benzene rings is 1. The number of nitrogens with one attached hydrogen (secondary N) is 1. The molecule has 1 fully saturated rings. The molecule has 1 aliphatic heterocycles. The van der Waals surface area contributed by atoms with E-state index in [1.165, 1.54) is 24.5 Å². The summed E-state index contributed by atoms with van der Waals surface area (Å²) < 4.78 is 5.55. The van der Waals surface area contributed by atoms with Gasteiger partial charge in [-0.25, -0.2) is 0 Å². The molecule has 2 aromatic rings. The van der Waals surface area contributed by atoms with E-state index in [-0.39, 0.29) is 17.3 Å². The molecule has 0 aliphatic carbocycles. The molecular weight excluding hydrogens is 414 g/mol. The van der Waals surface area contributed by atoms with E-state index in [1.807, 2.05) is 0 Å². The minimum Gasteiger partial charge on any atom is -0.493 e. The van der Waals surface area contributed by atoms with E-state index in [4.69, 9.17) is 22.1 Å². The van der Waals surface area contributed by atoms with Crippen molar-refractivity contribution in [2.75, 3.05) is 6.61 Å². The molecule has 0 bridgehead atoms. The van der Waals surface area contributed by atoms with Gasteiger partial charge in [0, 0.05) is 18.0 Å². The van der Waals surface area contributed by atoms with Crippen molar-refractivity contribution in [2.24, 2.45) is 0 Å². The molecule has 0 spiro atoms. The van der Waals surface area contributed by atoms with Crippen LogP contribution in [0.25, 0.3) is 6.08 Å². The van der Waals surface area contributed by atoms with E-state index in [1.54, 1.807) is 30.3 Å². The molecule has 0 unspecified atom stereocenters. The first kappa shape index (κ1) is 20.5. The van der Waals surface area contributed by atoms with E-state index < -0.39 is 17.8 Å². The van der Waals surface area contributed by atoms with E-state index in [2.05, 4.69) is 10.4 Å². The standard InChI is InChI=1S/C19H15N3O5S2/c23-16(24)7-10-27-14-3-1-12(2-4-14)11-15-18(26)22(19(28)29-15)21-17(25)13-5-8-20-9-6-13/h1-6,8-9,11H,7,10H2,(H,21,25)(H,23,24)/b15-11+. The first-order valence-corrected chi connectivity index (χ1v) is 9.60. The van der Waals surface area contributed by atoms with Crippen molar-refractivity contribution in [2.45, 2.75) is 6.42 Å². The number of hydrogen-bond acceptors (Lipinski definition) is 7. The van der Waals surface area contributed by atoms with Crippen LogP contribution in [0.5, 0.6) is 5.75 Å². The number of hydrazine groups is 1. The number of aromatic nitrogens is 1. The number of rotatable bonds is 7. The Bertz CT molecular complexity index is 977. The Morgan fingerprint density at radius 2 is 1.90 bits per heavy atom. The minimum absolute atomic E-state index is 0.0739. The summed E-state index contributed by atoms with van der Waals surface area (Å²) in [6.07, 6.45) is 4.52. The van der Waals surface area contributed by atoms with Crippen LogP contribution in [0.1, 0.15) is 22.3 Å². The zero-order valence-corrected chi connectivity index (χ0v) is 16.5. The Labute approximate surface area is 175 Å². The van der Waals surface area contributed by atoms with E-state index in [0.29, 0.717) is 16.2 Å². The van der Waals surface area contributed by atoms with Crippen molar-refractivity contribution >= 4 is 52.2 Å². The molecule has 2 N–H and O–H groups in total. The number of carboxylic acid groups (broad SMARTS) is 1. The minimum atomic E-state index is -0.931. The van der Waals surface area contributed by atoms with Gasteiger partial charge in [-0.1, -0.05) is 23.9 Å². The van der Waals surface area contributed by atoms with Gasteiger partial charge >= 0.3 is 5.97 Å². The van der Waals surface area contributed by atoms with Gasteiger partial charge < -0.3 is 9.84 Å². The first-order chi connectivity index (χ1) is 13.9. The highest BCUT2D eigenvalue weighted by atomic mass is 32.2. The summed E-state index contributed by atoms with van der Waals surface area (Å²) in [4.78, 5) is 39.6. The highest BCUT2D eigenvalue weighted by molar-refractivity contribution is 8.26. The Hall–Kier alpha value is -3.24. The number of aliphatic carboxylic acids is 1. The highest BCUT2D eigenvalue weighted by Crippen LogP contribution is 2.31. The van der Waals surface area contributed by atoms with Crippen molar-refractivity contribution in [3.8, 4) is 5.75 Å². The molecule has 8 nitrogen and oxygen atoms in total. The molecule has 1 aliphatic rings. The third kappa shape index (κ3) is 5.39. The second-order valence-electron chi connectivity index (χ2n) is 5.76. The van der Waals surface area contributed by atoms with Crippen LogP contribution in [0.15, 0.2) is 53.7 Å². The lowest BCUT2D eigenvalue weighted by molar-refractivity contribution is -0.137. The quantitative estimate of drug-likeness (QED) is 0.510. The maximum Gasteiger partial charge on any atom is 0.306 e. The third-order valence-corrected chi connectivity index (χ3v) is 5.01. The summed E-state index contributed by atoms with van der Waals surface area (Å²) in [6.45, 7) is 0.0739. The van der Waals surface area contributed by atoms with Crippen molar-refractivity contribution in [3.63, 3.8) is 0 Å². The second kappa shape index (κ2) is 9.30. The van der Waals surface area contributed by atoms with Crippen molar-refractivity contribution < 1.29 is 24.2 Å². The van der Waals surface area contributed by atoms with Crippen molar-refractivity contribution in [1.29, 1.82) is 0 Å². The fourth-order valence-corrected chi connectivity index (χ4v) is 3.48. The average molecular weight is 429 g/mol. The normalized spacial score (nSPS) is 14.9. The average Bonchev–Trinajstić information content (AvgIpc) is 2.97. The topological polar surface area (TPSA) is 109 Å². The van der Waals surface area contributed by atoms with Gasteiger partial charge in [-0.3, -0.25) is 24.8 Å². The Morgan fingerprint density at radius 1 is 1.21 bits per heavy atom. The molecule has 29 heavy (non-hydrogen) atoms. The highest BCUT2D eigenvalue weighted by Gasteiger charge is 2.33. The number of carbonyl (C=O) groups is 3. The number of amides is 2. The van der Waals surface area contributed by atoms with Crippen LogP contribution >= 0.6 is 24.0 Å². The van der Waals surface area contributed by atoms with Crippen LogP contribution < -0.4 is 10.2 Å². The van der Waals surface area contributed by atoms with Gasteiger partial charge in [0.15, 0.2) is 4.32 Å². The Balaban J connectivity index is 1.65. The lowest BCUT2D eigenvalue weighted by Gasteiger charge is -2.15. The van der Waals surface area contributed by atoms with Crippen LogP contribution in [0.3, 0.4) is 0 Å². The maximum atomic E-state index is 12.6. The number of carboxylic acids is 1. The molecule has 2 heterocycles. The third-order valence-electron chi connectivity index (χ3n) is 3.71. The molecule has 0 saturated carbocycles. The van der Waals surface area contributed by atoms with Gasteiger partial charge in [0.05, 0.1) is 17.9 Å². The van der Waals surface area contributed by atoms with Gasteiger partial charge in [-0.2, -0.15) is 5.01 Å². The molecule has 0 radical (unpaired) electrons. The Kier molecular flexibility index (Phi) is 6.57. The molecular formula is C19H15N3O5S2. The summed E-state index contributed by atoms with van der Waals surface area (Å²) in [5, 5.41) is 9.66. The number of thiocarbonyl (C=S) groups is 1. The molecule has 1 aromatic heterocycles. The van der Waals surface area contributed by atoms with Crippen LogP contribution in [-0.2, 0) is 9.59 Å². The van der Waals surface area contributed by atoms with Gasteiger partial charge in [-0.15, -0.1) is 0 Å². The predicted molar refractivity (Wildman–Crippen MR) is 111 cm³/mol. The molecule has 3 rings (SSSR count). The summed E-state index contributed by atoms with van der Waals surface area (Å²) in [7, 11) is 0. The molecule has 2 amide bonds. The summed E-state index contributed by atoms with van der Waals surface area (Å²) >= 11 is 6.28. The van der Waals surface area contributed by atoms with Crippen LogP contribution in [0.2, 0.25) is 0 Å². The fraction of sp³-hybridized carbons (Fsp3) is 0.105. The monoisotopic (exact) mass is 429 g/mol. The molecule has 1 saturated heterocycles. The van der Waals surface area contributed by atoms with Gasteiger partial charge in [0.1, 0.15) is 5.75 Å². The lowest BCUT2D eigenvalue weighted by atomic mass is 10.2. The smallest absolute Gasteiger partial charge is 0.306 e. The van der Waals surface area contributed by atoms with Gasteiger partial charge in [-0.05, 0) is 48.1 Å². The zero-order valence-electron chi connectivity index (χ0n) is 14.9. The molecule has 0 atom stereocenters. The van der Waals surface area contributed by atoms with Crippen LogP contribution in [0.4, 0.5) is 0 Å². The maximum absolute atomic E-state index is 12.6.